The van der Waals surface area contributed by atoms with Gasteiger partial charge in [-0.2, -0.15) is 0 Å². The molecule has 5 heteroatoms. The molecule has 114 valence electrons. The molecule has 0 atom stereocenters. The molecule has 0 fully saturated rings. The molecule has 1 rings (SSSR count). The highest BCUT2D eigenvalue weighted by molar-refractivity contribution is 9.10. The van der Waals surface area contributed by atoms with Crippen LogP contribution in [0.15, 0.2) is 16.7 Å². The van der Waals surface area contributed by atoms with Crippen molar-refractivity contribution in [1.82, 2.24) is 9.47 Å². The van der Waals surface area contributed by atoms with Gasteiger partial charge in [-0.1, -0.05) is 13.8 Å². The average Bonchev–Trinajstić information content (AvgIpc) is 2.84. The molecule has 1 aromatic rings. The fourth-order valence-corrected chi connectivity index (χ4v) is 2.90. The second-order valence-electron chi connectivity index (χ2n) is 4.79. The number of ether oxygens (including phenoxy) is 1. The van der Waals surface area contributed by atoms with Crippen LogP contribution >= 0.6 is 15.9 Å². The minimum atomic E-state index is 0.0864. The summed E-state index contributed by atoms with van der Waals surface area (Å²) in [5, 5.41) is 0. The van der Waals surface area contributed by atoms with Crippen LogP contribution in [-0.4, -0.2) is 41.7 Å². The molecule has 0 saturated carbocycles. The van der Waals surface area contributed by atoms with Gasteiger partial charge in [0.1, 0.15) is 5.69 Å². The van der Waals surface area contributed by atoms with Gasteiger partial charge >= 0.3 is 0 Å². The molecule has 0 spiro atoms. The number of amides is 1. The third kappa shape index (κ3) is 4.09. The van der Waals surface area contributed by atoms with E-state index in [2.05, 4.69) is 29.8 Å². The van der Waals surface area contributed by atoms with E-state index in [1.165, 1.54) is 0 Å². The van der Waals surface area contributed by atoms with E-state index in [4.69, 9.17) is 4.74 Å². The molecule has 20 heavy (non-hydrogen) atoms. The van der Waals surface area contributed by atoms with Crippen LogP contribution < -0.4 is 0 Å². The third-order valence-electron chi connectivity index (χ3n) is 3.60. The first-order valence-corrected chi connectivity index (χ1v) is 8.03. The van der Waals surface area contributed by atoms with Gasteiger partial charge in [-0.3, -0.25) is 4.79 Å². The number of methoxy groups -OCH3 is 1. The van der Waals surface area contributed by atoms with Crippen LogP contribution in [0.3, 0.4) is 0 Å². The summed E-state index contributed by atoms with van der Waals surface area (Å²) in [5.74, 6) is 0.0864. The number of aryl methyl sites for hydroxylation is 1. The number of carbonyl (C=O) groups excluding carboxylic acids is 1. The van der Waals surface area contributed by atoms with Crippen LogP contribution in [0.1, 0.15) is 44.1 Å². The second kappa shape index (κ2) is 8.47. The predicted molar refractivity (Wildman–Crippen MR) is 85.1 cm³/mol. The highest BCUT2D eigenvalue weighted by Gasteiger charge is 2.24. The van der Waals surface area contributed by atoms with E-state index in [1.807, 2.05) is 28.7 Å². The van der Waals surface area contributed by atoms with Gasteiger partial charge in [0.25, 0.3) is 5.91 Å². The van der Waals surface area contributed by atoms with Crippen molar-refractivity contribution in [3.8, 4) is 0 Å². The van der Waals surface area contributed by atoms with Crippen molar-refractivity contribution in [3.05, 3.63) is 22.4 Å². The van der Waals surface area contributed by atoms with Gasteiger partial charge in [-0.25, -0.2) is 0 Å². The first kappa shape index (κ1) is 17.2. The summed E-state index contributed by atoms with van der Waals surface area (Å²) in [6.07, 6.45) is 3.87. The van der Waals surface area contributed by atoms with Gasteiger partial charge < -0.3 is 14.2 Å². The summed E-state index contributed by atoms with van der Waals surface area (Å²) >= 11 is 3.45. The van der Waals surface area contributed by atoms with Crippen molar-refractivity contribution in [1.29, 1.82) is 0 Å². The van der Waals surface area contributed by atoms with Gasteiger partial charge in [0, 0.05) is 36.9 Å². The Balaban J connectivity index is 3.02. The number of aromatic nitrogens is 1. The summed E-state index contributed by atoms with van der Waals surface area (Å²) in [4.78, 5) is 14.8. The lowest BCUT2D eigenvalue weighted by Crippen LogP contribution is -2.42. The Morgan fingerprint density at radius 3 is 2.55 bits per heavy atom. The maximum absolute atomic E-state index is 12.8. The van der Waals surface area contributed by atoms with Crippen LogP contribution in [0.5, 0.6) is 0 Å². The van der Waals surface area contributed by atoms with Crippen LogP contribution in [0.2, 0.25) is 0 Å². The molecule has 1 heterocycles. The summed E-state index contributed by atoms with van der Waals surface area (Å²) in [5.41, 5.74) is 0.738. The topological polar surface area (TPSA) is 34.5 Å². The van der Waals surface area contributed by atoms with E-state index in [9.17, 15) is 4.79 Å². The van der Waals surface area contributed by atoms with Gasteiger partial charge in [0.05, 0.1) is 6.61 Å². The minimum Gasteiger partial charge on any atom is -0.383 e. The molecular formula is C15H25BrN2O2. The lowest BCUT2D eigenvalue weighted by Gasteiger charge is -2.30. The number of rotatable bonds is 8. The minimum absolute atomic E-state index is 0.0864. The van der Waals surface area contributed by atoms with Gasteiger partial charge in [-0.15, -0.1) is 0 Å². The highest BCUT2D eigenvalue weighted by atomic mass is 79.9. The van der Waals surface area contributed by atoms with Gasteiger partial charge in [0.2, 0.25) is 0 Å². The smallest absolute Gasteiger partial charge is 0.270 e. The molecule has 0 N–H and O–H groups in total. The van der Waals surface area contributed by atoms with Crippen LogP contribution in [0.4, 0.5) is 0 Å². The maximum atomic E-state index is 12.8. The molecule has 0 aromatic carbocycles. The number of hydrogen-bond donors (Lipinski definition) is 0. The number of halogens is 1. The zero-order valence-electron chi connectivity index (χ0n) is 12.9. The lowest BCUT2D eigenvalue weighted by atomic mass is 10.1. The van der Waals surface area contributed by atoms with Crippen molar-refractivity contribution in [2.75, 3.05) is 20.3 Å². The van der Waals surface area contributed by atoms with E-state index in [0.717, 1.165) is 29.6 Å². The van der Waals surface area contributed by atoms with Crippen molar-refractivity contribution in [3.63, 3.8) is 0 Å². The number of carbonyl (C=O) groups is 1. The Hall–Kier alpha value is -0.810. The van der Waals surface area contributed by atoms with Crippen molar-refractivity contribution < 1.29 is 9.53 Å². The molecule has 4 nitrogen and oxygen atoms in total. The van der Waals surface area contributed by atoms with Crippen LogP contribution in [0, 0.1) is 0 Å². The average molecular weight is 345 g/mol. The molecular weight excluding hydrogens is 320 g/mol. The highest BCUT2D eigenvalue weighted by Crippen LogP contribution is 2.19. The maximum Gasteiger partial charge on any atom is 0.270 e. The van der Waals surface area contributed by atoms with Crippen molar-refractivity contribution in [2.45, 2.75) is 46.2 Å². The quantitative estimate of drug-likeness (QED) is 0.722. The van der Waals surface area contributed by atoms with E-state index in [-0.39, 0.29) is 11.9 Å². The largest absolute Gasteiger partial charge is 0.383 e. The zero-order chi connectivity index (χ0) is 15.1. The molecule has 0 aliphatic rings. The predicted octanol–water partition coefficient (Wildman–Crippen LogP) is 3.55. The fourth-order valence-electron chi connectivity index (χ4n) is 2.43. The number of nitrogens with zero attached hydrogens (tertiary/aromatic N) is 2. The Labute approximate surface area is 130 Å². The third-order valence-corrected chi connectivity index (χ3v) is 4.04. The monoisotopic (exact) mass is 344 g/mol. The second-order valence-corrected chi connectivity index (χ2v) is 5.71. The van der Waals surface area contributed by atoms with Crippen LogP contribution in [-0.2, 0) is 11.3 Å². The van der Waals surface area contributed by atoms with E-state index < -0.39 is 0 Å². The summed E-state index contributed by atoms with van der Waals surface area (Å²) < 4.78 is 8.07. The molecule has 0 unspecified atom stereocenters. The summed E-state index contributed by atoms with van der Waals surface area (Å²) in [7, 11) is 1.67. The Morgan fingerprint density at radius 2 is 2.05 bits per heavy atom. The first-order chi connectivity index (χ1) is 9.58. The molecule has 1 amide bonds. The summed E-state index contributed by atoms with van der Waals surface area (Å²) in [6, 6.07) is 2.16. The number of hydrogen-bond acceptors (Lipinski definition) is 2. The van der Waals surface area contributed by atoms with E-state index in [0.29, 0.717) is 13.2 Å². The first-order valence-electron chi connectivity index (χ1n) is 7.24. The Bertz CT molecular complexity index is 428. The van der Waals surface area contributed by atoms with E-state index in [1.54, 1.807) is 7.11 Å². The van der Waals surface area contributed by atoms with Gasteiger partial charge in [0.15, 0.2) is 0 Å². The van der Waals surface area contributed by atoms with E-state index >= 15 is 0 Å². The Kier molecular flexibility index (Phi) is 7.30. The molecule has 0 saturated heterocycles. The van der Waals surface area contributed by atoms with Crippen LogP contribution in [0.25, 0.3) is 0 Å². The SMILES string of the molecule is CCC(CC)N(CCOC)C(=O)c1cc(Br)cn1CC. The molecule has 1 aromatic heterocycles. The standard InChI is InChI=1S/C15H25BrN2O2/c1-5-13(6-2)18(8-9-20-4)15(19)14-10-12(16)11-17(14)7-3/h10-11,13H,5-9H2,1-4H3. The van der Waals surface area contributed by atoms with Crippen molar-refractivity contribution in [2.24, 2.45) is 0 Å². The zero-order valence-corrected chi connectivity index (χ0v) is 14.4. The fraction of sp³-hybridized carbons (Fsp3) is 0.667. The molecule has 0 aliphatic heterocycles. The van der Waals surface area contributed by atoms with Crippen molar-refractivity contribution >= 4 is 21.8 Å². The molecule has 0 radical (unpaired) electrons. The Morgan fingerprint density at radius 1 is 1.40 bits per heavy atom. The van der Waals surface area contributed by atoms with Gasteiger partial charge in [-0.05, 0) is 41.8 Å². The summed E-state index contributed by atoms with van der Waals surface area (Å²) in [6.45, 7) is 8.27. The normalized spacial score (nSPS) is 11.1. The lowest BCUT2D eigenvalue weighted by molar-refractivity contribution is 0.0579. The molecule has 0 aliphatic carbocycles. The molecule has 0 bridgehead atoms.